The van der Waals surface area contributed by atoms with Crippen molar-refractivity contribution in [3.05, 3.63) is 29.3 Å². The van der Waals surface area contributed by atoms with Crippen molar-refractivity contribution in [2.24, 2.45) is 5.73 Å². The van der Waals surface area contributed by atoms with E-state index in [1.165, 1.54) is 0 Å². The second kappa shape index (κ2) is 5.58. The number of benzene rings is 1. The second-order valence-electron chi connectivity index (χ2n) is 3.75. The van der Waals surface area contributed by atoms with Crippen molar-refractivity contribution in [3.8, 4) is 5.75 Å². The number of likely N-dealkylation sites (N-methyl/N-ethyl adjacent to an activating group) is 1. The first-order valence-electron chi connectivity index (χ1n) is 4.98. The predicted molar refractivity (Wildman–Crippen MR) is 58.9 cm³/mol. The molecule has 0 saturated heterocycles. The third-order valence-electron chi connectivity index (χ3n) is 2.10. The molecule has 0 aliphatic heterocycles. The van der Waals surface area contributed by atoms with Gasteiger partial charge in [-0.15, -0.1) is 0 Å². The zero-order chi connectivity index (χ0) is 13.0. The topological polar surface area (TPSA) is 55.6 Å². The lowest BCUT2D eigenvalue weighted by atomic mass is 10.2. The van der Waals surface area contributed by atoms with Crippen LogP contribution in [0.25, 0.3) is 0 Å². The molecule has 1 rings (SSSR count). The number of hydrogen-bond acceptors (Lipinski definition) is 3. The molecule has 1 aromatic rings. The molecule has 0 fully saturated rings. The average Bonchev–Trinajstić information content (AvgIpc) is 2.23. The SMILES string of the molecule is CN(C)CCOc1c(C(N)=O)ccc(F)c1F. The Morgan fingerprint density at radius 1 is 1.41 bits per heavy atom. The molecule has 0 aromatic heterocycles. The van der Waals surface area contributed by atoms with E-state index in [0.717, 1.165) is 12.1 Å². The van der Waals surface area contributed by atoms with Crippen LogP contribution >= 0.6 is 0 Å². The maximum atomic E-state index is 13.4. The fraction of sp³-hybridized carbons (Fsp3) is 0.364. The number of nitrogens with two attached hydrogens (primary N) is 1. The lowest BCUT2D eigenvalue weighted by Crippen LogP contribution is -2.21. The summed E-state index contributed by atoms with van der Waals surface area (Å²) in [6, 6.07) is 1.94. The van der Waals surface area contributed by atoms with Crippen LogP contribution < -0.4 is 10.5 Å². The van der Waals surface area contributed by atoms with Gasteiger partial charge in [0.25, 0.3) is 5.91 Å². The Balaban J connectivity index is 2.94. The van der Waals surface area contributed by atoms with Gasteiger partial charge >= 0.3 is 0 Å². The van der Waals surface area contributed by atoms with E-state index in [9.17, 15) is 13.6 Å². The van der Waals surface area contributed by atoms with E-state index in [2.05, 4.69) is 0 Å². The smallest absolute Gasteiger partial charge is 0.252 e. The van der Waals surface area contributed by atoms with Crippen LogP contribution in [-0.4, -0.2) is 38.1 Å². The van der Waals surface area contributed by atoms with Gasteiger partial charge in [-0.05, 0) is 26.2 Å². The van der Waals surface area contributed by atoms with Crippen molar-refractivity contribution in [2.45, 2.75) is 0 Å². The first-order valence-corrected chi connectivity index (χ1v) is 4.98. The molecule has 94 valence electrons. The van der Waals surface area contributed by atoms with Gasteiger partial charge in [0.2, 0.25) is 5.82 Å². The minimum Gasteiger partial charge on any atom is -0.488 e. The Hall–Kier alpha value is -1.69. The molecule has 0 spiro atoms. The maximum absolute atomic E-state index is 13.4. The number of rotatable bonds is 5. The van der Waals surface area contributed by atoms with Gasteiger partial charge in [-0.25, -0.2) is 4.39 Å². The number of carbonyl (C=O) groups is 1. The highest BCUT2D eigenvalue weighted by Crippen LogP contribution is 2.24. The molecule has 2 N–H and O–H groups in total. The summed E-state index contributed by atoms with van der Waals surface area (Å²) in [5.74, 6) is -3.56. The highest BCUT2D eigenvalue weighted by Gasteiger charge is 2.18. The number of ether oxygens (including phenoxy) is 1. The zero-order valence-electron chi connectivity index (χ0n) is 9.67. The summed E-state index contributed by atoms with van der Waals surface area (Å²) in [5.41, 5.74) is 4.88. The number of primary amides is 1. The summed E-state index contributed by atoms with van der Waals surface area (Å²) >= 11 is 0. The summed E-state index contributed by atoms with van der Waals surface area (Å²) in [6.07, 6.45) is 0. The van der Waals surface area contributed by atoms with Gasteiger partial charge in [0.15, 0.2) is 11.6 Å². The molecule has 0 saturated carbocycles. The molecule has 4 nitrogen and oxygen atoms in total. The Morgan fingerprint density at radius 3 is 2.59 bits per heavy atom. The largest absolute Gasteiger partial charge is 0.488 e. The van der Waals surface area contributed by atoms with Crippen molar-refractivity contribution in [3.63, 3.8) is 0 Å². The molecule has 0 aliphatic rings. The fourth-order valence-corrected chi connectivity index (χ4v) is 1.20. The third kappa shape index (κ3) is 3.39. The molecule has 1 amide bonds. The normalized spacial score (nSPS) is 10.6. The van der Waals surface area contributed by atoms with Crippen molar-refractivity contribution in [1.29, 1.82) is 0 Å². The van der Waals surface area contributed by atoms with Crippen LogP contribution in [0.1, 0.15) is 10.4 Å². The van der Waals surface area contributed by atoms with Crippen LogP contribution in [0, 0.1) is 11.6 Å². The number of hydrogen-bond donors (Lipinski definition) is 1. The van der Waals surface area contributed by atoms with Crippen molar-refractivity contribution in [1.82, 2.24) is 4.90 Å². The molecule has 0 atom stereocenters. The Labute approximate surface area is 98.0 Å². The monoisotopic (exact) mass is 244 g/mol. The summed E-state index contributed by atoms with van der Waals surface area (Å²) < 4.78 is 31.5. The summed E-state index contributed by atoms with van der Waals surface area (Å²) in [7, 11) is 3.61. The summed E-state index contributed by atoms with van der Waals surface area (Å²) in [6.45, 7) is 0.641. The molecule has 0 bridgehead atoms. The molecular weight excluding hydrogens is 230 g/mol. The Kier molecular flexibility index (Phi) is 4.39. The lowest BCUT2D eigenvalue weighted by Gasteiger charge is -2.13. The maximum Gasteiger partial charge on any atom is 0.252 e. The highest BCUT2D eigenvalue weighted by molar-refractivity contribution is 5.95. The zero-order valence-corrected chi connectivity index (χ0v) is 9.67. The van der Waals surface area contributed by atoms with E-state index < -0.39 is 23.3 Å². The molecule has 0 unspecified atom stereocenters. The predicted octanol–water partition coefficient (Wildman–Crippen LogP) is 1.00. The fourth-order valence-electron chi connectivity index (χ4n) is 1.20. The van der Waals surface area contributed by atoms with Crippen LogP contribution in [0.2, 0.25) is 0 Å². The Bertz CT molecular complexity index is 422. The first-order chi connectivity index (χ1) is 7.93. The van der Waals surface area contributed by atoms with E-state index in [1.54, 1.807) is 19.0 Å². The quantitative estimate of drug-likeness (QED) is 0.840. The standard InChI is InChI=1S/C11H14F2N2O2/c1-15(2)5-6-17-10-7(11(14)16)3-4-8(12)9(10)13/h3-4H,5-6H2,1-2H3,(H2,14,16). The minimum atomic E-state index is -1.19. The van der Waals surface area contributed by atoms with Crippen LogP contribution in [0.4, 0.5) is 8.78 Å². The molecular formula is C11H14F2N2O2. The third-order valence-corrected chi connectivity index (χ3v) is 2.10. The number of amides is 1. The van der Waals surface area contributed by atoms with Gasteiger partial charge in [0.1, 0.15) is 6.61 Å². The average molecular weight is 244 g/mol. The van der Waals surface area contributed by atoms with Crippen molar-refractivity contribution in [2.75, 3.05) is 27.2 Å². The molecule has 0 heterocycles. The van der Waals surface area contributed by atoms with Gasteiger partial charge in [0.05, 0.1) is 5.56 Å². The van der Waals surface area contributed by atoms with Crippen molar-refractivity contribution < 1.29 is 18.3 Å². The van der Waals surface area contributed by atoms with E-state index >= 15 is 0 Å². The van der Waals surface area contributed by atoms with Crippen LogP contribution in [-0.2, 0) is 0 Å². The Morgan fingerprint density at radius 2 is 2.06 bits per heavy atom. The molecule has 1 aromatic carbocycles. The lowest BCUT2D eigenvalue weighted by molar-refractivity contribution is 0.0994. The second-order valence-corrected chi connectivity index (χ2v) is 3.75. The summed E-state index contributed by atoms with van der Waals surface area (Å²) in [5, 5.41) is 0. The minimum absolute atomic E-state index is 0.133. The number of nitrogens with zero attached hydrogens (tertiary/aromatic N) is 1. The van der Waals surface area contributed by atoms with E-state index in [1.807, 2.05) is 0 Å². The van der Waals surface area contributed by atoms with Gasteiger partial charge in [-0.1, -0.05) is 0 Å². The molecule has 6 heteroatoms. The van der Waals surface area contributed by atoms with Gasteiger partial charge in [-0.2, -0.15) is 4.39 Å². The number of halogens is 2. The first kappa shape index (κ1) is 13.4. The van der Waals surface area contributed by atoms with Gasteiger partial charge in [0, 0.05) is 6.54 Å². The van der Waals surface area contributed by atoms with Gasteiger partial charge in [-0.3, -0.25) is 4.79 Å². The van der Waals surface area contributed by atoms with Crippen LogP contribution in [0.3, 0.4) is 0 Å². The molecule has 17 heavy (non-hydrogen) atoms. The molecule has 0 aliphatic carbocycles. The van der Waals surface area contributed by atoms with E-state index in [-0.39, 0.29) is 12.2 Å². The van der Waals surface area contributed by atoms with Crippen LogP contribution in [0.5, 0.6) is 5.75 Å². The van der Waals surface area contributed by atoms with Gasteiger partial charge < -0.3 is 15.4 Å². The van der Waals surface area contributed by atoms with E-state index in [0.29, 0.717) is 6.54 Å². The molecule has 0 radical (unpaired) electrons. The van der Waals surface area contributed by atoms with E-state index in [4.69, 9.17) is 10.5 Å². The van der Waals surface area contributed by atoms with Crippen molar-refractivity contribution >= 4 is 5.91 Å². The highest BCUT2D eigenvalue weighted by atomic mass is 19.2. The summed E-state index contributed by atoms with van der Waals surface area (Å²) in [4.78, 5) is 12.8. The number of carbonyl (C=O) groups excluding carboxylic acids is 1. The van der Waals surface area contributed by atoms with Crippen LogP contribution in [0.15, 0.2) is 12.1 Å².